The number of carbonyl (C=O) groups excluding carboxylic acids is 1. The van der Waals surface area contributed by atoms with Gasteiger partial charge >= 0.3 is 0 Å². The molecule has 1 amide bonds. The van der Waals surface area contributed by atoms with Crippen LogP contribution < -0.4 is 10.1 Å². The Morgan fingerprint density at radius 3 is 2.38 bits per heavy atom. The predicted molar refractivity (Wildman–Crippen MR) is 112 cm³/mol. The van der Waals surface area contributed by atoms with Crippen LogP contribution in [0.3, 0.4) is 0 Å². The second-order valence-electron chi connectivity index (χ2n) is 6.94. The van der Waals surface area contributed by atoms with Gasteiger partial charge in [-0.15, -0.1) is 0 Å². The fraction of sp³-hybridized carbons (Fsp3) is 0.381. The third kappa shape index (κ3) is 5.95. The highest BCUT2D eigenvalue weighted by Crippen LogP contribution is 2.24. The summed E-state index contributed by atoms with van der Waals surface area (Å²) in [4.78, 5) is 12.6. The molecule has 0 unspecified atom stereocenters. The third-order valence-corrected chi connectivity index (χ3v) is 7.07. The van der Waals surface area contributed by atoms with Crippen molar-refractivity contribution < 1.29 is 17.9 Å². The van der Waals surface area contributed by atoms with Crippen LogP contribution >= 0.6 is 11.6 Å². The van der Waals surface area contributed by atoms with Crippen LogP contribution in [0.15, 0.2) is 59.5 Å². The Labute approximate surface area is 176 Å². The van der Waals surface area contributed by atoms with E-state index in [1.54, 1.807) is 12.1 Å². The molecule has 1 aliphatic rings. The van der Waals surface area contributed by atoms with E-state index in [0.717, 1.165) is 5.75 Å². The molecule has 0 atom stereocenters. The maximum Gasteiger partial charge on any atom is 0.243 e. The van der Waals surface area contributed by atoms with Gasteiger partial charge in [0.15, 0.2) is 0 Å². The molecule has 1 aliphatic heterocycles. The van der Waals surface area contributed by atoms with Gasteiger partial charge in [-0.05, 0) is 55.7 Å². The van der Waals surface area contributed by atoms with E-state index in [1.807, 2.05) is 30.3 Å². The summed E-state index contributed by atoms with van der Waals surface area (Å²) in [5.74, 6) is 0.628. The number of halogens is 1. The molecule has 0 aromatic heterocycles. The van der Waals surface area contributed by atoms with Crippen molar-refractivity contribution in [3.8, 4) is 5.75 Å². The predicted octanol–water partition coefficient (Wildman–Crippen LogP) is 3.33. The fourth-order valence-corrected chi connectivity index (χ4v) is 4.84. The quantitative estimate of drug-likeness (QED) is 0.644. The van der Waals surface area contributed by atoms with Crippen molar-refractivity contribution in [3.05, 3.63) is 59.6 Å². The lowest BCUT2D eigenvalue weighted by atomic mass is 9.97. The molecule has 2 aromatic carbocycles. The molecule has 0 radical (unpaired) electrons. The van der Waals surface area contributed by atoms with E-state index in [0.29, 0.717) is 50.5 Å². The lowest BCUT2D eigenvalue weighted by Gasteiger charge is -2.30. The SMILES string of the molecule is O=C(NCCCOc1ccccc1)C1CCN(S(=O)(=O)c2ccc(Cl)cc2)CC1. The number of hydrogen-bond acceptors (Lipinski definition) is 4. The molecule has 3 rings (SSSR count). The molecular weight excluding hydrogens is 412 g/mol. The summed E-state index contributed by atoms with van der Waals surface area (Å²) in [6.07, 6.45) is 1.74. The Hall–Kier alpha value is -2.09. The van der Waals surface area contributed by atoms with Crippen molar-refractivity contribution in [2.45, 2.75) is 24.2 Å². The van der Waals surface area contributed by atoms with Crippen LogP contribution in [0.5, 0.6) is 5.75 Å². The minimum Gasteiger partial charge on any atom is -0.494 e. The first-order valence-electron chi connectivity index (χ1n) is 9.68. The van der Waals surface area contributed by atoms with Crippen LogP contribution in [0.4, 0.5) is 0 Å². The number of benzene rings is 2. The summed E-state index contributed by atoms with van der Waals surface area (Å²) in [6, 6.07) is 15.7. The molecule has 0 bridgehead atoms. The van der Waals surface area contributed by atoms with E-state index in [2.05, 4.69) is 5.32 Å². The first-order chi connectivity index (χ1) is 14.0. The molecule has 0 saturated carbocycles. The van der Waals surface area contributed by atoms with Crippen LogP contribution in [0.25, 0.3) is 0 Å². The first-order valence-corrected chi connectivity index (χ1v) is 11.5. The van der Waals surface area contributed by atoms with Crippen LogP contribution in [-0.2, 0) is 14.8 Å². The lowest BCUT2D eigenvalue weighted by Crippen LogP contribution is -2.43. The summed E-state index contributed by atoms with van der Waals surface area (Å²) < 4.78 is 32.4. The van der Waals surface area contributed by atoms with Gasteiger partial charge in [-0.1, -0.05) is 29.8 Å². The molecule has 1 heterocycles. The maximum absolute atomic E-state index is 12.7. The minimum absolute atomic E-state index is 0.0201. The van der Waals surface area contributed by atoms with Crippen molar-refractivity contribution in [1.82, 2.24) is 9.62 Å². The zero-order valence-corrected chi connectivity index (χ0v) is 17.7. The number of amides is 1. The summed E-state index contributed by atoms with van der Waals surface area (Å²) in [5.41, 5.74) is 0. The molecule has 8 heteroatoms. The van der Waals surface area contributed by atoms with Crippen LogP contribution in [-0.4, -0.2) is 44.9 Å². The average Bonchev–Trinajstić information content (AvgIpc) is 2.74. The number of nitrogens with one attached hydrogen (secondary N) is 1. The second kappa shape index (κ2) is 10.1. The second-order valence-corrected chi connectivity index (χ2v) is 9.31. The Bertz CT molecular complexity index is 896. The molecule has 1 N–H and O–H groups in total. The minimum atomic E-state index is -3.55. The van der Waals surface area contributed by atoms with Crippen molar-refractivity contribution in [1.29, 1.82) is 0 Å². The van der Waals surface area contributed by atoms with Crippen molar-refractivity contribution in [2.24, 2.45) is 5.92 Å². The van der Waals surface area contributed by atoms with E-state index >= 15 is 0 Å². The zero-order chi connectivity index (χ0) is 20.7. The monoisotopic (exact) mass is 436 g/mol. The normalized spacial score (nSPS) is 15.8. The topological polar surface area (TPSA) is 75.7 Å². The molecule has 0 spiro atoms. The number of sulfonamides is 1. The molecule has 6 nitrogen and oxygen atoms in total. The lowest BCUT2D eigenvalue weighted by molar-refractivity contribution is -0.126. The number of carbonyl (C=O) groups is 1. The highest BCUT2D eigenvalue weighted by Gasteiger charge is 2.31. The molecular formula is C21H25ClN2O4S. The van der Waals surface area contributed by atoms with E-state index in [-0.39, 0.29) is 16.7 Å². The summed E-state index contributed by atoms with van der Waals surface area (Å²) in [6.45, 7) is 1.73. The van der Waals surface area contributed by atoms with Crippen molar-refractivity contribution in [2.75, 3.05) is 26.2 Å². The fourth-order valence-electron chi connectivity index (χ4n) is 3.25. The number of ether oxygens (including phenoxy) is 1. The number of nitrogens with zero attached hydrogens (tertiary/aromatic N) is 1. The molecule has 156 valence electrons. The highest BCUT2D eigenvalue weighted by atomic mass is 35.5. The van der Waals surface area contributed by atoms with E-state index in [1.165, 1.54) is 16.4 Å². The molecule has 2 aromatic rings. The van der Waals surface area contributed by atoms with Gasteiger partial charge in [-0.25, -0.2) is 8.42 Å². The number of para-hydroxylation sites is 1. The van der Waals surface area contributed by atoms with E-state index < -0.39 is 10.0 Å². The maximum atomic E-state index is 12.7. The summed E-state index contributed by atoms with van der Waals surface area (Å²) in [7, 11) is -3.55. The summed E-state index contributed by atoms with van der Waals surface area (Å²) >= 11 is 5.83. The van der Waals surface area contributed by atoms with Crippen LogP contribution in [0.1, 0.15) is 19.3 Å². The largest absolute Gasteiger partial charge is 0.494 e. The van der Waals surface area contributed by atoms with Gasteiger partial charge in [0.25, 0.3) is 0 Å². The molecule has 29 heavy (non-hydrogen) atoms. The number of rotatable bonds is 8. The highest BCUT2D eigenvalue weighted by molar-refractivity contribution is 7.89. The van der Waals surface area contributed by atoms with Crippen molar-refractivity contribution in [3.63, 3.8) is 0 Å². The van der Waals surface area contributed by atoms with E-state index in [9.17, 15) is 13.2 Å². The smallest absolute Gasteiger partial charge is 0.243 e. The van der Waals surface area contributed by atoms with Crippen LogP contribution in [0.2, 0.25) is 5.02 Å². The summed E-state index contributed by atoms with van der Waals surface area (Å²) in [5, 5.41) is 3.42. The first kappa shape index (κ1) is 21.6. The van der Waals surface area contributed by atoms with Gasteiger partial charge in [0.05, 0.1) is 11.5 Å². The Kier molecular flexibility index (Phi) is 7.52. The van der Waals surface area contributed by atoms with Gasteiger partial charge in [-0.2, -0.15) is 4.31 Å². The Balaban J connectivity index is 1.39. The van der Waals surface area contributed by atoms with Gasteiger partial charge in [-0.3, -0.25) is 4.79 Å². The Morgan fingerprint density at radius 2 is 1.72 bits per heavy atom. The standard InChI is InChI=1S/C21H25ClN2O4S/c22-18-7-9-20(10-8-18)29(26,27)24-14-11-17(12-15-24)21(25)23-13-4-16-28-19-5-2-1-3-6-19/h1-3,5-10,17H,4,11-16H2,(H,23,25). The van der Waals surface area contributed by atoms with Gasteiger partial charge in [0.2, 0.25) is 15.9 Å². The third-order valence-electron chi connectivity index (χ3n) is 4.91. The van der Waals surface area contributed by atoms with Gasteiger partial charge in [0, 0.05) is 30.6 Å². The zero-order valence-electron chi connectivity index (χ0n) is 16.1. The molecule has 0 aliphatic carbocycles. The van der Waals surface area contributed by atoms with Crippen molar-refractivity contribution >= 4 is 27.5 Å². The molecule has 1 saturated heterocycles. The van der Waals surface area contributed by atoms with E-state index in [4.69, 9.17) is 16.3 Å². The molecule has 1 fully saturated rings. The van der Waals surface area contributed by atoms with Crippen LogP contribution in [0, 0.1) is 5.92 Å². The van der Waals surface area contributed by atoms with Gasteiger partial charge < -0.3 is 10.1 Å². The number of hydrogen-bond donors (Lipinski definition) is 1. The Morgan fingerprint density at radius 1 is 1.07 bits per heavy atom. The van der Waals surface area contributed by atoms with Gasteiger partial charge in [0.1, 0.15) is 5.75 Å². The average molecular weight is 437 g/mol. The number of piperidine rings is 1.